The number of aliphatic hydroxyl groups excluding tert-OH is 1. The van der Waals surface area contributed by atoms with Crippen molar-refractivity contribution in [3.63, 3.8) is 0 Å². The maximum absolute atomic E-state index is 9.26. The third kappa shape index (κ3) is 4.94. The summed E-state index contributed by atoms with van der Waals surface area (Å²) in [7, 11) is 0. The topological polar surface area (TPSA) is 49.5 Å². The number of hydrogen-bond acceptors (Lipinski definition) is 3. The lowest BCUT2D eigenvalue weighted by molar-refractivity contribution is 0.157. The van der Waals surface area contributed by atoms with E-state index < -0.39 is 0 Å². The zero-order chi connectivity index (χ0) is 12.7. The van der Waals surface area contributed by atoms with Crippen LogP contribution in [0.2, 0.25) is 0 Å². The van der Waals surface area contributed by atoms with Crippen molar-refractivity contribution < 1.29 is 5.11 Å². The van der Waals surface area contributed by atoms with Crippen LogP contribution in [0.4, 0.5) is 0 Å². The summed E-state index contributed by atoms with van der Waals surface area (Å²) in [4.78, 5) is 2.54. The first kappa shape index (κ1) is 14.9. The molecular weight excluding hydrogens is 212 g/mol. The maximum Gasteiger partial charge on any atom is 0.0611 e. The molecule has 0 aliphatic heterocycles. The van der Waals surface area contributed by atoms with E-state index in [1.807, 2.05) is 0 Å². The molecule has 0 bridgehead atoms. The molecule has 1 unspecified atom stereocenters. The van der Waals surface area contributed by atoms with Crippen LogP contribution in [0.15, 0.2) is 0 Å². The van der Waals surface area contributed by atoms with Crippen molar-refractivity contribution in [1.29, 1.82) is 0 Å². The van der Waals surface area contributed by atoms with Gasteiger partial charge in [-0.2, -0.15) is 0 Å². The van der Waals surface area contributed by atoms with Crippen LogP contribution in [-0.2, 0) is 0 Å². The third-order valence-corrected chi connectivity index (χ3v) is 4.36. The van der Waals surface area contributed by atoms with E-state index in [-0.39, 0.29) is 12.1 Å². The summed E-state index contributed by atoms with van der Waals surface area (Å²) >= 11 is 0. The highest BCUT2D eigenvalue weighted by Crippen LogP contribution is 2.27. The minimum atomic E-state index is -0.351. The minimum absolute atomic E-state index is 0.109. The van der Waals surface area contributed by atoms with Crippen LogP contribution in [-0.4, -0.2) is 41.8 Å². The standard InChI is InChI=1S/C14H30N2O/c1-3-14(15,12-17)9-6-10-16(4-2)11-13-7-5-8-13/h13,17H,3-12,15H2,1-2H3. The summed E-state index contributed by atoms with van der Waals surface area (Å²) in [5.74, 6) is 0.946. The van der Waals surface area contributed by atoms with Crippen LogP contribution >= 0.6 is 0 Å². The van der Waals surface area contributed by atoms with Crippen LogP contribution in [0.3, 0.4) is 0 Å². The Labute approximate surface area is 106 Å². The maximum atomic E-state index is 9.26. The fourth-order valence-electron chi connectivity index (χ4n) is 2.44. The van der Waals surface area contributed by atoms with Gasteiger partial charge in [-0.05, 0) is 51.1 Å². The van der Waals surface area contributed by atoms with E-state index in [9.17, 15) is 5.11 Å². The van der Waals surface area contributed by atoms with Gasteiger partial charge in [-0.15, -0.1) is 0 Å². The van der Waals surface area contributed by atoms with Gasteiger partial charge in [0.25, 0.3) is 0 Å². The van der Waals surface area contributed by atoms with Crippen LogP contribution in [0, 0.1) is 5.92 Å². The lowest BCUT2D eigenvalue weighted by Crippen LogP contribution is -2.43. The Hall–Kier alpha value is -0.120. The highest BCUT2D eigenvalue weighted by Gasteiger charge is 2.23. The molecule has 0 aromatic rings. The van der Waals surface area contributed by atoms with Crippen molar-refractivity contribution in [2.24, 2.45) is 11.7 Å². The number of rotatable bonds is 9. The first-order valence-electron chi connectivity index (χ1n) is 7.25. The second-order valence-corrected chi connectivity index (χ2v) is 5.67. The van der Waals surface area contributed by atoms with Gasteiger partial charge in [0, 0.05) is 12.1 Å². The summed E-state index contributed by atoms with van der Waals surface area (Å²) in [6.45, 7) is 7.94. The second kappa shape index (κ2) is 7.34. The lowest BCUT2D eigenvalue weighted by atomic mass is 9.85. The SMILES string of the molecule is CCN(CCCC(N)(CC)CO)CC1CCC1. The average Bonchev–Trinajstić information content (AvgIpc) is 2.30. The molecule has 1 rings (SSSR count). The van der Waals surface area contributed by atoms with E-state index in [0.29, 0.717) is 0 Å². The molecule has 3 N–H and O–H groups in total. The lowest BCUT2D eigenvalue weighted by Gasteiger charge is -2.32. The highest BCUT2D eigenvalue weighted by atomic mass is 16.3. The largest absolute Gasteiger partial charge is 0.394 e. The molecular formula is C14H30N2O. The van der Waals surface area contributed by atoms with Gasteiger partial charge >= 0.3 is 0 Å². The number of nitrogens with zero attached hydrogens (tertiary/aromatic N) is 1. The van der Waals surface area contributed by atoms with Crippen molar-refractivity contribution in [3.05, 3.63) is 0 Å². The molecule has 0 spiro atoms. The molecule has 0 aromatic carbocycles. The summed E-state index contributed by atoms with van der Waals surface area (Å²) in [5, 5.41) is 9.26. The molecule has 0 aromatic heterocycles. The number of nitrogens with two attached hydrogens (primary N) is 1. The minimum Gasteiger partial charge on any atom is -0.394 e. The molecule has 0 amide bonds. The Bertz CT molecular complexity index is 200. The second-order valence-electron chi connectivity index (χ2n) is 5.67. The first-order valence-corrected chi connectivity index (χ1v) is 7.25. The van der Waals surface area contributed by atoms with Gasteiger partial charge in [-0.25, -0.2) is 0 Å². The fraction of sp³-hybridized carbons (Fsp3) is 1.00. The van der Waals surface area contributed by atoms with Gasteiger partial charge in [0.2, 0.25) is 0 Å². The molecule has 3 nitrogen and oxygen atoms in total. The summed E-state index contributed by atoms with van der Waals surface area (Å²) < 4.78 is 0. The fourth-order valence-corrected chi connectivity index (χ4v) is 2.44. The van der Waals surface area contributed by atoms with E-state index >= 15 is 0 Å². The molecule has 102 valence electrons. The molecule has 1 fully saturated rings. The van der Waals surface area contributed by atoms with E-state index in [1.165, 1.54) is 25.8 Å². The smallest absolute Gasteiger partial charge is 0.0611 e. The number of aliphatic hydroxyl groups is 1. The van der Waals surface area contributed by atoms with Crippen LogP contribution in [0.1, 0.15) is 52.4 Å². The predicted molar refractivity (Wildman–Crippen MR) is 73.0 cm³/mol. The monoisotopic (exact) mass is 242 g/mol. The average molecular weight is 242 g/mol. The van der Waals surface area contributed by atoms with Crippen molar-refractivity contribution in [1.82, 2.24) is 4.90 Å². The molecule has 1 atom stereocenters. The molecule has 0 heterocycles. The van der Waals surface area contributed by atoms with Gasteiger partial charge in [0.05, 0.1) is 6.61 Å². The van der Waals surface area contributed by atoms with Gasteiger partial charge in [0.1, 0.15) is 0 Å². The summed E-state index contributed by atoms with van der Waals surface area (Å²) in [6.07, 6.45) is 7.16. The molecule has 1 saturated carbocycles. The Morgan fingerprint density at radius 2 is 2.06 bits per heavy atom. The predicted octanol–water partition coefficient (Wildman–Crippen LogP) is 1.99. The van der Waals surface area contributed by atoms with Crippen LogP contribution in [0.25, 0.3) is 0 Å². The van der Waals surface area contributed by atoms with Crippen molar-refractivity contribution in [2.75, 3.05) is 26.2 Å². The van der Waals surface area contributed by atoms with Crippen molar-refractivity contribution in [2.45, 2.75) is 57.9 Å². The van der Waals surface area contributed by atoms with Gasteiger partial charge in [-0.1, -0.05) is 20.3 Å². The van der Waals surface area contributed by atoms with E-state index in [1.54, 1.807) is 0 Å². The van der Waals surface area contributed by atoms with E-state index in [2.05, 4.69) is 18.7 Å². The Kier molecular flexibility index (Phi) is 6.45. The first-order chi connectivity index (χ1) is 8.13. The van der Waals surface area contributed by atoms with Crippen molar-refractivity contribution in [3.8, 4) is 0 Å². The van der Waals surface area contributed by atoms with E-state index in [0.717, 1.165) is 38.3 Å². The van der Waals surface area contributed by atoms with Gasteiger partial charge in [0.15, 0.2) is 0 Å². The van der Waals surface area contributed by atoms with Crippen LogP contribution in [0.5, 0.6) is 0 Å². The van der Waals surface area contributed by atoms with E-state index in [4.69, 9.17) is 5.73 Å². The summed E-state index contributed by atoms with van der Waals surface area (Å²) in [6, 6.07) is 0. The Morgan fingerprint density at radius 3 is 2.47 bits per heavy atom. The zero-order valence-corrected chi connectivity index (χ0v) is 11.6. The van der Waals surface area contributed by atoms with Crippen molar-refractivity contribution >= 4 is 0 Å². The Balaban J connectivity index is 2.17. The van der Waals surface area contributed by atoms with Gasteiger partial charge in [-0.3, -0.25) is 0 Å². The molecule has 0 radical (unpaired) electrons. The summed E-state index contributed by atoms with van der Waals surface area (Å²) in [5.41, 5.74) is 5.74. The zero-order valence-electron chi connectivity index (χ0n) is 11.6. The quantitative estimate of drug-likeness (QED) is 0.650. The van der Waals surface area contributed by atoms with Gasteiger partial charge < -0.3 is 15.7 Å². The Morgan fingerprint density at radius 1 is 1.35 bits per heavy atom. The normalized spacial score (nSPS) is 20.3. The molecule has 1 aliphatic carbocycles. The number of hydrogen-bond donors (Lipinski definition) is 2. The molecule has 17 heavy (non-hydrogen) atoms. The highest BCUT2D eigenvalue weighted by molar-refractivity contribution is 4.82. The third-order valence-electron chi connectivity index (χ3n) is 4.36. The molecule has 0 saturated heterocycles. The molecule has 3 heteroatoms. The van der Waals surface area contributed by atoms with Crippen LogP contribution < -0.4 is 5.73 Å². The molecule has 1 aliphatic rings.